The fourth-order valence-electron chi connectivity index (χ4n) is 3.12. The summed E-state index contributed by atoms with van der Waals surface area (Å²) >= 11 is 7.40. The summed E-state index contributed by atoms with van der Waals surface area (Å²) in [7, 11) is 0. The lowest BCUT2D eigenvalue weighted by molar-refractivity contribution is 0.0599. The topological polar surface area (TPSA) is 46.8 Å². The second-order valence-electron chi connectivity index (χ2n) is 6.18. The highest BCUT2D eigenvalue weighted by Gasteiger charge is 2.27. The van der Waals surface area contributed by atoms with Crippen LogP contribution in [0.25, 0.3) is 4.83 Å². The summed E-state index contributed by atoms with van der Waals surface area (Å²) < 4.78 is 7.96. The molecule has 5 nitrogen and oxygen atoms in total. The Bertz CT molecular complexity index is 895. The summed E-state index contributed by atoms with van der Waals surface area (Å²) in [6.07, 6.45) is 5.35. The molecule has 0 saturated carbocycles. The molecule has 1 aliphatic heterocycles. The quantitative estimate of drug-likeness (QED) is 0.694. The molecule has 0 bridgehead atoms. The monoisotopic (exact) mass is 375 g/mol. The van der Waals surface area contributed by atoms with Crippen molar-refractivity contribution < 1.29 is 9.53 Å². The number of piperidine rings is 1. The van der Waals surface area contributed by atoms with Crippen LogP contribution in [0.1, 0.15) is 28.2 Å². The molecule has 0 radical (unpaired) electrons. The summed E-state index contributed by atoms with van der Waals surface area (Å²) in [6.45, 7) is 3.39. The van der Waals surface area contributed by atoms with E-state index in [0.717, 1.165) is 34.0 Å². The molecule has 0 atom stereocenters. The van der Waals surface area contributed by atoms with Crippen LogP contribution in [-0.2, 0) is 0 Å². The van der Waals surface area contributed by atoms with Crippen molar-refractivity contribution in [2.24, 2.45) is 0 Å². The number of fused-ring (bicyclic) bond motifs is 1. The number of carbonyl (C=O) groups is 1. The molecule has 3 aromatic rings. The lowest BCUT2D eigenvalue weighted by atomic mass is 10.1. The van der Waals surface area contributed by atoms with Crippen LogP contribution in [0, 0.1) is 6.92 Å². The molecule has 0 N–H and O–H groups in total. The van der Waals surface area contributed by atoms with Gasteiger partial charge < -0.3 is 9.64 Å². The Balaban J connectivity index is 1.39. The Hall–Kier alpha value is -2.05. The number of hydrogen-bond acceptors (Lipinski definition) is 4. The average Bonchev–Trinajstić information content (AvgIpc) is 3.20. The molecule has 130 valence electrons. The Morgan fingerprint density at radius 2 is 2.00 bits per heavy atom. The van der Waals surface area contributed by atoms with Crippen LogP contribution in [-0.4, -0.2) is 39.4 Å². The van der Waals surface area contributed by atoms with Gasteiger partial charge in [0.2, 0.25) is 0 Å². The molecular weight excluding hydrogens is 358 g/mol. The Morgan fingerprint density at radius 3 is 2.68 bits per heavy atom. The molecule has 1 aliphatic rings. The van der Waals surface area contributed by atoms with Gasteiger partial charge in [0, 0.05) is 36.6 Å². The Labute approximate surface area is 154 Å². The zero-order chi connectivity index (χ0) is 17.4. The smallest absolute Gasteiger partial charge is 0.265 e. The number of aryl methyl sites for hydroxylation is 1. The van der Waals surface area contributed by atoms with Crippen LogP contribution in [0.3, 0.4) is 0 Å². The van der Waals surface area contributed by atoms with E-state index in [0.29, 0.717) is 18.1 Å². The molecule has 1 fully saturated rings. The van der Waals surface area contributed by atoms with Crippen LogP contribution in [0.4, 0.5) is 0 Å². The lowest BCUT2D eigenvalue weighted by Crippen LogP contribution is -2.41. The van der Waals surface area contributed by atoms with Crippen molar-refractivity contribution in [2.75, 3.05) is 13.1 Å². The molecular formula is C18H18ClN3O2S. The van der Waals surface area contributed by atoms with Crippen LogP contribution >= 0.6 is 22.9 Å². The van der Waals surface area contributed by atoms with E-state index >= 15 is 0 Å². The molecule has 2 aromatic heterocycles. The van der Waals surface area contributed by atoms with E-state index < -0.39 is 0 Å². The van der Waals surface area contributed by atoms with Crippen molar-refractivity contribution in [2.45, 2.75) is 25.9 Å². The van der Waals surface area contributed by atoms with E-state index in [-0.39, 0.29) is 12.0 Å². The number of thiazole rings is 1. The number of halogens is 1. The lowest BCUT2D eigenvalue weighted by Gasteiger charge is -2.32. The predicted octanol–water partition coefficient (Wildman–Crippen LogP) is 4.04. The molecule has 1 amide bonds. The van der Waals surface area contributed by atoms with E-state index in [9.17, 15) is 4.79 Å². The zero-order valence-corrected chi connectivity index (χ0v) is 15.4. The van der Waals surface area contributed by atoms with Crippen molar-refractivity contribution in [1.82, 2.24) is 14.3 Å². The highest BCUT2D eigenvalue weighted by atomic mass is 35.5. The number of benzene rings is 1. The minimum Gasteiger partial charge on any atom is -0.490 e. The molecule has 25 heavy (non-hydrogen) atoms. The second kappa shape index (κ2) is 6.69. The first-order valence-corrected chi connectivity index (χ1v) is 9.44. The molecule has 0 aliphatic carbocycles. The predicted molar refractivity (Wildman–Crippen MR) is 98.8 cm³/mol. The number of hydrogen-bond donors (Lipinski definition) is 0. The number of aromatic nitrogens is 2. The third-order valence-corrected chi connectivity index (χ3v) is 5.98. The van der Waals surface area contributed by atoms with Gasteiger partial charge in [0.05, 0.1) is 6.20 Å². The zero-order valence-electron chi connectivity index (χ0n) is 13.8. The maximum Gasteiger partial charge on any atom is 0.265 e. The molecule has 3 heterocycles. The highest BCUT2D eigenvalue weighted by Crippen LogP contribution is 2.26. The summed E-state index contributed by atoms with van der Waals surface area (Å²) in [5.41, 5.74) is 0.960. The number of rotatable bonds is 3. The van der Waals surface area contributed by atoms with Gasteiger partial charge in [0.1, 0.15) is 27.9 Å². The third-order valence-electron chi connectivity index (χ3n) is 4.54. The number of nitrogens with zero attached hydrogens (tertiary/aromatic N) is 3. The fraction of sp³-hybridized carbons (Fsp3) is 0.333. The largest absolute Gasteiger partial charge is 0.490 e. The molecule has 1 saturated heterocycles. The van der Waals surface area contributed by atoms with Gasteiger partial charge in [0.15, 0.2) is 0 Å². The van der Waals surface area contributed by atoms with Gasteiger partial charge in [-0.2, -0.15) is 0 Å². The standard InChI is InChI=1S/C18H18ClN3O2S/c1-12-17(25-16-10-20-11-22(12)16)18(23)21-8-6-15(7-9-21)24-14-4-2-13(19)3-5-14/h2-5,10-11,15H,6-9H2,1H3. The first-order valence-electron chi connectivity index (χ1n) is 8.25. The van der Waals surface area contributed by atoms with Crippen LogP contribution in [0.15, 0.2) is 36.8 Å². The molecule has 0 unspecified atom stereocenters. The second-order valence-corrected chi connectivity index (χ2v) is 7.65. The molecule has 1 aromatic carbocycles. The number of imidazole rings is 1. The maximum atomic E-state index is 12.8. The Morgan fingerprint density at radius 1 is 1.28 bits per heavy atom. The normalized spacial score (nSPS) is 15.7. The van der Waals surface area contributed by atoms with Crippen molar-refractivity contribution in [3.8, 4) is 5.75 Å². The van der Waals surface area contributed by atoms with E-state index in [1.165, 1.54) is 11.3 Å². The molecule has 7 heteroatoms. The highest BCUT2D eigenvalue weighted by molar-refractivity contribution is 7.19. The molecule has 0 spiro atoms. The van der Waals surface area contributed by atoms with Crippen LogP contribution in [0.5, 0.6) is 5.75 Å². The molecule has 4 rings (SSSR count). The van der Waals surface area contributed by atoms with Gasteiger partial charge >= 0.3 is 0 Å². The van der Waals surface area contributed by atoms with Crippen LogP contribution in [0.2, 0.25) is 5.02 Å². The number of ether oxygens (including phenoxy) is 1. The fourth-order valence-corrected chi connectivity index (χ4v) is 4.32. The van der Waals surface area contributed by atoms with Gasteiger partial charge in [-0.15, -0.1) is 11.3 Å². The van der Waals surface area contributed by atoms with Gasteiger partial charge in [0.25, 0.3) is 5.91 Å². The van der Waals surface area contributed by atoms with Crippen molar-refractivity contribution in [3.05, 3.63) is 52.4 Å². The summed E-state index contributed by atoms with van der Waals surface area (Å²) in [4.78, 5) is 20.7. The van der Waals surface area contributed by atoms with E-state index in [1.807, 2.05) is 40.5 Å². The minimum atomic E-state index is 0.108. The van der Waals surface area contributed by atoms with Crippen molar-refractivity contribution in [3.63, 3.8) is 0 Å². The van der Waals surface area contributed by atoms with E-state index in [4.69, 9.17) is 16.3 Å². The van der Waals surface area contributed by atoms with Crippen molar-refractivity contribution in [1.29, 1.82) is 0 Å². The summed E-state index contributed by atoms with van der Waals surface area (Å²) in [5, 5.41) is 0.700. The summed E-state index contributed by atoms with van der Waals surface area (Å²) in [6, 6.07) is 7.41. The van der Waals surface area contributed by atoms with Gasteiger partial charge in [-0.05, 0) is 31.2 Å². The SMILES string of the molecule is Cc1c(C(=O)N2CCC(Oc3ccc(Cl)cc3)CC2)sc2cncn12. The number of amides is 1. The van der Waals surface area contributed by atoms with E-state index in [2.05, 4.69) is 4.98 Å². The maximum absolute atomic E-state index is 12.8. The number of carbonyl (C=O) groups excluding carboxylic acids is 1. The summed E-state index contributed by atoms with van der Waals surface area (Å²) in [5.74, 6) is 0.932. The van der Waals surface area contributed by atoms with Gasteiger partial charge in [-0.25, -0.2) is 4.98 Å². The van der Waals surface area contributed by atoms with Gasteiger partial charge in [-0.1, -0.05) is 11.6 Å². The van der Waals surface area contributed by atoms with Gasteiger partial charge in [-0.3, -0.25) is 9.20 Å². The number of likely N-dealkylation sites (tertiary alicyclic amines) is 1. The Kier molecular flexibility index (Phi) is 4.39. The first-order chi connectivity index (χ1) is 12.1. The third kappa shape index (κ3) is 3.24. The van der Waals surface area contributed by atoms with Crippen LogP contribution < -0.4 is 4.74 Å². The first kappa shape index (κ1) is 16.4. The average molecular weight is 376 g/mol. The van der Waals surface area contributed by atoms with Crippen molar-refractivity contribution >= 4 is 33.7 Å². The minimum absolute atomic E-state index is 0.108. The van der Waals surface area contributed by atoms with E-state index in [1.54, 1.807) is 12.5 Å².